The third-order valence-corrected chi connectivity index (χ3v) is 4.54. The Hall–Kier alpha value is -2.26. The number of thiol groups is 1. The zero-order valence-electron chi connectivity index (χ0n) is 19.1. The van der Waals surface area contributed by atoms with Crippen LogP contribution < -0.4 is 10.6 Å². The van der Waals surface area contributed by atoms with Crippen molar-refractivity contribution in [1.82, 2.24) is 15.5 Å². The van der Waals surface area contributed by atoms with Gasteiger partial charge >= 0.3 is 6.09 Å². The number of rotatable bonds is 9. The van der Waals surface area contributed by atoms with Crippen LogP contribution in [0.5, 0.6) is 0 Å². The van der Waals surface area contributed by atoms with Gasteiger partial charge in [0, 0.05) is 18.3 Å². The van der Waals surface area contributed by atoms with Gasteiger partial charge < -0.3 is 25.4 Å². The summed E-state index contributed by atoms with van der Waals surface area (Å²) in [5.41, 5.74) is 0.869. The minimum absolute atomic E-state index is 0.00752. The predicted octanol–water partition coefficient (Wildman–Crippen LogP) is 2.20. The van der Waals surface area contributed by atoms with E-state index in [4.69, 9.17) is 4.74 Å². The minimum atomic E-state index is -1.04. The number of ether oxygens (including phenoxy) is 1. The van der Waals surface area contributed by atoms with Crippen molar-refractivity contribution in [3.8, 4) is 0 Å². The van der Waals surface area contributed by atoms with E-state index in [1.165, 1.54) is 4.90 Å². The fourth-order valence-electron chi connectivity index (χ4n) is 2.89. The molecule has 0 bridgehead atoms. The van der Waals surface area contributed by atoms with Crippen LogP contribution >= 0.6 is 12.6 Å². The van der Waals surface area contributed by atoms with Crippen molar-refractivity contribution >= 4 is 30.5 Å². The van der Waals surface area contributed by atoms with E-state index in [-0.39, 0.29) is 30.9 Å². The van der Waals surface area contributed by atoms with Gasteiger partial charge in [-0.3, -0.25) is 9.59 Å². The zero-order valence-corrected chi connectivity index (χ0v) is 20.0. The summed E-state index contributed by atoms with van der Waals surface area (Å²) in [5, 5.41) is 15.0. The minimum Gasteiger partial charge on any atom is -0.444 e. The maximum absolute atomic E-state index is 13.4. The molecule has 9 heteroatoms. The Morgan fingerprint density at radius 2 is 1.71 bits per heavy atom. The van der Waals surface area contributed by atoms with Crippen molar-refractivity contribution in [3.05, 3.63) is 35.4 Å². The highest BCUT2D eigenvalue weighted by Gasteiger charge is 2.35. The van der Waals surface area contributed by atoms with Gasteiger partial charge in [0.2, 0.25) is 11.8 Å². The van der Waals surface area contributed by atoms with Gasteiger partial charge in [-0.2, -0.15) is 12.6 Å². The Kier molecular flexibility index (Phi) is 10.3. The number of hydrogen-bond acceptors (Lipinski definition) is 6. The molecule has 0 fully saturated rings. The first-order valence-corrected chi connectivity index (χ1v) is 10.9. The fraction of sp³-hybridized carbons (Fsp3) is 0.591. The second kappa shape index (κ2) is 12.0. The van der Waals surface area contributed by atoms with Crippen LogP contribution in [0.3, 0.4) is 0 Å². The Labute approximate surface area is 190 Å². The summed E-state index contributed by atoms with van der Waals surface area (Å²) in [5.74, 6) is -0.929. The molecule has 0 radical (unpaired) electrons. The van der Waals surface area contributed by atoms with Crippen molar-refractivity contribution < 1.29 is 24.2 Å². The zero-order chi connectivity index (χ0) is 23.8. The van der Waals surface area contributed by atoms with E-state index in [1.807, 2.05) is 32.9 Å². The van der Waals surface area contributed by atoms with Gasteiger partial charge in [0.15, 0.2) is 0 Å². The normalized spacial score (nSPS) is 13.3. The maximum atomic E-state index is 13.4. The number of carbonyl (C=O) groups excluding carboxylic acids is 3. The number of nitrogens with zero attached hydrogens (tertiary/aromatic N) is 1. The Balaban J connectivity index is 3.27. The van der Waals surface area contributed by atoms with E-state index < -0.39 is 29.7 Å². The summed E-state index contributed by atoms with van der Waals surface area (Å²) in [7, 11) is 0. The van der Waals surface area contributed by atoms with Crippen LogP contribution in [0.1, 0.15) is 51.8 Å². The average Bonchev–Trinajstić information content (AvgIpc) is 2.64. The number of alkyl carbamates (subject to hydrolysis) is 1. The second-order valence-electron chi connectivity index (χ2n) is 8.61. The Morgan fingerprint density at radius 1 is 1.13 bits per heavy atom. The number of carbonyl (C=O) groups is 3. The summed E-state index contributed by atoms with van der Waals surface area (Å²) in [6.07, 6.45) is -0.762. The molecular formula is C22H35N3O5S. The number of benzene rings is 1. The van der Waals surface area contributed by atoms with Gasteiger partial charge in [-0.15, -0.1) is 0 Å². The lowest BCUT2D eigenvalue weighted by molar-refractivity contribution is -0.142. The predicted molar refractivity (Wildman–Crippen MR) is 123 cm³/mol. The largest absolute Gasteiger partial charge is 0.444 e. The molecule has 0 spiro atoms. The summed E-state index contributed by atoms with van der Waals surface area (Å²) in [6, 6.07) is 5.08. The molecule has 31 heavy (non-hydrogen) atoms. The molecule has 8 nitrogen and oxygen atoms in total. The van der Waals surface area contributed by atoms with Gasteiger partial charge in [-0.1, -0.05) is 29.8 Å². The van der Waals surface area contributed by atoms with Crippen molar-refractivity contribution in [3.63, 3.8) is 0 Å². The molecule has 0 aliphatic carbocycles. The van der Waals surface area contributed by atoms with Gasteiger partial charge in [-0.05, 0) is 47.1 Å². The average molecular weight is 454 g/mol. The monoisotopic (exact) mass is 453 g/mol. The fourth-order valence-corrected chi connectivity index (χ4v) is 3.14. The lowest BCUT2D eigenvalue weighted by atomic mass is 10.0. The van der Waals surface area contributed by atoms with Crippen LogP contribution in [0, 0.1) is 6.92 Å². The highest BCUT2D eigenvalue weighted by Crippen LogP contribution is 2.23. The van der Waals surface area contributed by atoms with Gasteiger partial charge in [0.05, 0.1) is 6.61 Å². The standard InChI is InChI=1S/C22H35N3O5S/c1-14(2)23-19(27)18(16-9-7-15(3)8-10-16)25(11-12-26)20(28)17(13-31)24-21(29)30-22(4,5)6/h7-10,14,17-18,26,31H,11-13H2,1-6H3,(H,23,27)(H,24,29). The first-order chi connectivity index (χ1) is 14.4. The first kappa shape index (κ1) is 26.8. The summed E-state index contributed by atoms with van der Waals surface area (Å²) < 4.78 is 5.23. The molecule has 3 amide bonds. The molecule has 0 saturated heterocycles. The molecule has 0 heterocycles. The number of amides is 3. The Bertz CT molecular complexity index is 747. The molecule has 0 aliphatic rings. The van der Waals surface area contributed by atoms with E-state index in [0.717, 1.165) is 5.56 Å². The number of aliphatic hydroxyl groups is 1. The van der Waals surface area contributed by atoms with Crippen molar-refractivity contribution in [2.45, 2.75) is 65.3 Å². The summed E-state index contributed by atoms with van der Waals surface area (Å²) in [4.78, 5) is 39.9. The van der Waals surface area contributed by atoms with Crippen LogP contribution in [0.25, 0.3) is 0 Å². The lowest BCUT2D eigenvalue weighted by Crippen LogP contribution is -2.54. The lowest BCUT2D eigenvalue weighted by Gasteiger charge is -2.34. The number of aryl methyl sites for hydroxylation is 1. The van der Waals surface area contributed by atoms with Crippen molar-refractivity contribution in [2.24, 2.45) is 0 Å². The van der Waals surface area contributed by atoms with Crippen LogP contribution in [0.2, 0.25) is 0 Å². The molecule has 174 valence electrons. The highest BCUT2D eigenvalue weighted by molar-refractivity contribution is 7.80. The topological polar surface area (TPSA) is 108 Å². The van der Waals surface area contributed by atoms with E-state index >= 15 is 0 Å². The quantitative estimate of drug-likeness (QED) is 0.429. The molecule has 2 atom stereocenters. The van der Waals surface area contributed by atoms with E-state index in [2.05, 4.69) is 23.3 Å². The molecule has 1 rings (SSSR count). The van der Waals surface area contributed by atoms with E-state index in [9.17, 15) is 19.5 Å². The van der Waals surface area contributed by atoms with Crippen LogP contribution in [0.15, 0.2) is 24.3 Å². The molecule has 0 aromatic heterocycles. The molecule has 2 unspecified atom stereocenters. The highest BCUT2D eigenvalue weighted by atomic mass is 32.1. The number of aliphatic hydroxyl groups excluding tert-OH is 1. The number of nitrogens with one attached hydrogen (secondary N) is 2. The van der Waals surface area contributed by atoms with E-state index in [0.29, 0.717) is 5.56 Å². The van der Waals surface area contributed by atoms with Gasteiger partial charge in [0.1, 0.15) is 17.7 Å². The third-order valence-electron chi connectivity index (χ3n) is 4.18. The van der Waals surface area contributed by atoms with E-state index in [1.54, 1.807) is 32.9 Å². The van der Waals surface area contributed by atoms with Crippen LogP contribution in [-0.4, -0.2) is 64.5 Å². The van der Waals surface area contributed by atoms with Crippen LogP contribution in [0.4, 0.5) is 4.79 Å². The third kappa shape index (κ3) is 8.78. The summed E-state index contributed by atoms with van der Waals surface area (Å²) in [6.45, 7) is 10.3. The summed E-state index contributed by atoms with van der Waals surface area (Å²) >= 11 is 4.20. The Morgan fingerprint density at radius 3 is 2.16 bits per heavy atom. The van der Waals surface area contributed by atoms with Crippen molar-refractivity contribution in [1.29, 1.82) is 0 Å². The molecule has 1 aromatic rings. The molecule has 0 aliphatic heterocycles. The molecule has 0 saturated carbocycles. The smallest absolute Gasteiger partial charge is 0.408 e. The molecule has 3 N–H and O–H groups in total. The van der Waals surface area contributed by atoms with Crippen LogP contribution in [-0.2, 0) is 14.3 Å². The SMILES string of the molecule is Cc1ccc(C(C(=O)NC(C)C)N(CCO)C(=O)C(CS)NC(=O)OC(C)(C)C)cc1. The molecule has 1 aromatic carbocycles. The van der Waals surface area contributed by atoms with Gasteiger partial charge in [0.25, 0.3) is 0 Å². The second-order valence-corrected chi connectivity index (χ2v) is 8.98. The maximum Gasteiger partial charge on any atom is 0.408 e. The number of hydrogen-bond donors (Lipinski definition) is 4. The first-order valence-electron chi connectivity index (χ1n) is 10.3. The van der Waals surface area contributed by atoms with Gasteiger partial charge in [-0.25, -0.2) is 4.79 Å². The molecular weight excluding hydrogens is 418 g/mol. The van der Waals surface area contributed by atoms with Crippen molar-refractivity contribution in [2.75, 3.05) is 18.9 Å².